The van der Waals surface area contributed by atoms with E-state index in [-0.39, 0.29) is 5.54 Å². The van der Waals surface area contributed by atoms with Gasteiger partial charge in [-0.25, -0.2) is 0 Å². The largest absolute Gasteiger partial charge is 0.369 e. The van der Waals surface area contributed by atoms with Gasteiger partial charge in [0.1, 0.15) is 0 Å². The van der Waals surface area contributed by atoms with Crippen LogP contribution in [0.2, 0.25) is 0 Å². The Balaban J connectivity index is 1.69. The lowest BCUT2D eigenvalue weighted by atomic mass is 9.73. The van der Waals surface area contributed by atoms with Crippen molar-refractivity contribution in [2.45, 2.75) is 44.1 Å². The number of aliphatic imine (C=N–C) groups is 1. The molecule has 0 bridgehead atoms. The highest BCUT2D eigenvalue weighted by Gasteiger charge is 2.49. The molecule has 1 aromatic carbocycles. The molecule has 3 nitrogen and oxygen atoms in total. The number of rotatable bonds is 2. The molecule has 1 heterocycles. The Bertz CT molecular complexity index is 581. The van der Waals surface area contributed by atoms with Gasteiger partial charge in [-0.05, 0) is 65.6 Å². The van der Waals surface area contributed by atoms with Crippen molar-refractivity contribution in [1.29, 1.82) is 0 Å². The van der Waals surface area contributed by atoms with Crippen LogP contribution in [0.4, 0.5) is 5.69 Å². The lowest BCUT2D eigenvalue weighted by Crippen LogP contribution is -2.54. The summed E-state index contributed by atoms with van der Waals surface area (Å²) in [6, 6.07) is 8.38. The Morgan fingerprint density at radius 3 is 2.76 bits per heavy atom. The van der Waals surface area contributed by atoms with Crippen LogP contribution in [0, 0.1) is 11.8 Å². The van der Waals surface area contributed by atoms with Crippen molar-refractivity contribution in [3.8, 4) is 0 Å². The van der Waals surface area contributed by atoms with E-state index in [1.54, 1.807) is 0 Å². The molecule has 0 amide bonds. The molecular formula is C17H22BrN3. The van der Waals surface area contributed by atoms with Crippen LogP contribution in [0.25, 0.3) is 0 Å². The first-order chi connectivity index (χ1) is 10.2. The van der Waals surface area contributed by atoms with Crippen LogP contribution in [0.5, 0.6) is 0 Å². The Kier molecular flexibility index (Phi) is 3.25. The Labute approximate surface area is 134 Å². The van der Waals surface area contributed by atoms with E-state index < -0.39 is 0 Å². The number of hydrogen-bond acceptors (Lipinski definition) is 3. The van der Waals surface area contributed by atoms with Gasteiger partial charge in [0.05, 0.1) is 17.8 Å². The number of nitrogens with zero attached hydrogens (tertiary/aromatic N) is 2. The molecule has 0 aromatic heterocycles. The maximum atomic E-state index is 6.28. The number of guanidine groups is 1. The summed E-state index contributed by atoms with van der Waals surface area (Å²) in [5, 5.41) is 0. The molecule has 2 saturated carbocycles. The predicted octanol–water partition coefficient (Wildman–Crippen LogP) is 3.92. The van der Waals surface area contributed by atoms with Crippen molar-refractivity contribution < 1.29 is 0 Å². The number of benzene rings is 1. The van der Waals surface area contributed by atoms with Crippen molar-refractivity contribution in [1.82, 2.24) is 0 Å². The van der Waals surface area contributed by atoms with Crippen LogP contribution in [-0.4, -0.2) is 18.0 Å². The maximum absolute atomic E-state index is 6.28. The summed E-state index contributed by atoms with van der Waals surface area (Å²) in [7, 11) is 0. The van der Waals surface area contributed by atoms with E-state index in [0.29, 0.717) is 5.96 Å². The molecular weight excluding hydrogens is 326 g/mol. The first kappa shape index (κ1) is 13.6. The van der Waals surface area contributed by atoms with Crippen molar-refractivity contribution in [3.05, 3.63) is 28.7 Å². The molecule has 2 unspecified atom stereocenters. The summed E-state index contributed by atoms with van der Waals surface area (Å²) in [6.45, 7) is 0.864. The van der Waals surface area contributed by atoms with Crippen molar-refractivity contribution in [2.24, 2.45) is 22.6 Å². The van der Waals surface area contributed by atoms with E-state index in [1.165, 1.54) is 44.2 Å². The highest BCUT2D eigenvalue weighted by atomic mass is 79.9. The summed E-state index contributed by atoms with van der Waals surface area (Å²) in [6.07, 6.45) is 8.05. The zero-order valence-electron chi connectivity index (χ0n) is 12.3. The molecule has 2 fully saturated rings. The van der Waals surface area contributed by atoms with Crippen molar-refractivity contribution in [3.63, 3.8) is 0 Å². The normalized spacial score (nSPS) is 32.5. The van der Waals surface area contributed by atoms with Gasteiger partial charge in [0.25, 0.3) is 0 Å². The highest BCUT2D eigenvalue weighted by molar-refractivity contribution is 9.10. The van der Waals surface area contributed by atoms with Gasteiger partial charge in [0.2, 0.25) is 0 Å². The Hall–Kier alpha value is -1.03. The van der Waals surface area contributed by atoms with Gasteiger partial charge < -0.3 is 10.6 Å². The molecule has 0 saturated heterocycles. The fourth-order valence-electron chi connectivity index (χ4n) is 4.33. The molecule has 1 aromatic rings. The van der Waals surface area contributed by atoms with Crippen molar-refractivity contribution in [2.75, 3.05) is 11.4 Å². The molecule has 2 atom stereocenters. The van der Waals surface area contributed by atoms with Crippen LogP contribution >= 0.6 is 15.9 Å². The van der Waals surface area contributed by atoms with Crippen LogP contribution < -0.4 is 10.6 Å². The van der Waals surface area contributed by atoms with Crippen LogP contribution in [0.1, 0.15) is 38.5 Å². The summed E-state index contributed by atoms with van der Waals surface area (Å²) in [4.78, 5) is 6.95. The molecule has 112 valence electrons. The molecule has 4 rings (SSSR count). The van der Waals surface area contributed by atoms with E-state index in [4.69, 9.17) is 5.73 Å². The second kappa shape index (κ2) is 5.01. The van der Waals surface area contributed by atoms with E-state index >= 15 is 0 Å². The zero-order valence-corrected chi connectivity index (χ0v) is 13.8. The van der Waals surface area contributed by atoms with Crippen LogP contribution in [0.15, 0.2) is 33.7 Å². The average molecular weight is 348 g/mol. The SMILES string of the molecule is NC1=NCC2(CCCC(C3CC3)C2)N1c1ccccc1Br. The number of para-hydroxylation sites is 1. The predicted molar refractivity (Wildman–Crippen MR) is 90.5 cm³/mol. The number of nitrogens with two attached hydrogens (primary N) is 1. The van der Waals surface area contributed by atoms with Gasteiger partial charge in [-0.1, -0.05) is 25.0 Å². The highest BCUT2D eigenvalue weighted by Crippen LogP contribution is 2.50. The van der Waals surface area contributed by atoms with E-state index in [1.807, 2.05) is 0 Å². The lowest BCUT2D eigenvalue weighted by molar-refractivity contribution is 0.219. The number of anilines is 1. The van der Waals surface area contributed by atoms with E-state index in [2.05, 4.69) is 50.1 Å². The third kappa shape index (κ3) is 2.28. The minimum absolute atomic E-state index is 0.124. The number of halogens is 1. The maximum Gasteiger partial charge on any atom is 0.196 e. The third-order valence-corrected chi connectivity index (χ3v) is 6.15. The fourth-order valence-corrected chi connectivity index (χ4v) is 4.79. The third-order valence-electron chi connectivity index (χ3n) is 5.48. The smallest absolute Gasteiger partial charge is 0.196 e. The Morgan fingerprint density at radius 2 is 2.00 bits per heavy atom. The van der Waals surface area contributed by atoms with Gasteiger partial charge in [0, 0.05) is 4.47 Å². The van der Waals surface area contributed by atoms with Gasteiger partial charge in [0.15, 0.2) is 5.96 Å². The topological polar surface area (TPSA) is 41.6 Å². The summed E-state index contributed by atoms with van der Waals surface area (Å²) < 4.78 is 1.11. The van der Waals surface area contributed by atoms with Gasteiger partial charge in [-0.15, -0.1) is 0 Å². The second-order valence-electron chi connectivity index (χ2n) is 6.88. The molecule has 1 aliphatic heterocycles. The van der Waals surface area contributed by atoms with Gasteiger partial charge >= 0.3 is 0 Å². The molecule has 4 heteroatoms. The average Bonchev–Trinajstić information content (AvgIpc) is 3.29. The quantitative estimate of drug-likeness (QED) is 0.880. The van der Waals surface area contributed by atoms with Crippen LogP contribution in [0.3, 0.4) is 0 Å². The molecule has 0 radical (unpaired) electrons. The molecule has 1 spiro atoms. The summed E-state index contributed by atoms with van der Waals surface area (Å²) in [5.74, 6) is 2.55. The second-order valence-corrected chi connectivity index (χ2v) is 7.73. The zero-order chi connectivity index (χ0) is 14.4. The van der Waals surface area contributed by atoms with E-state index in [0.717, 1.165) is 22.9 Å². The van der Waals surface area contributed by atoms with Gasteiger partial charge in [-0.3, -0.25) is 4.99 Å². The first-order valence-electron chi connectivity index (χ1n) is 8.04. The minimum atomic E-state index is 0.124. The molecule has 2 N–H and O–H groups in total. The molecule has 3 aliphatic rings. The van der Waals surface area contributed by atoms with Gasteiger partial charge in [-0.2, -0.15) is 0 Å². The van der Waals surface area contributed by atoms with Crippen LogP contribution in [-0.2, 0) is 0 Å². The standard InChI is InChI=1S/C17H22BrN3/c18-14-5-1-2-6-15(14)21-16(19)20-11-17(21)9-3-4-13(10-17)12-7-8-12/h1-2,5-6,12-13H,3-4,7-11H2,(H2,19,20). The van der Waals surface area contributed by atoms with Crippen molar-refractivity contribution >= 4 is 27.6 Å². The molecule has 2 aliphatic carbocycles. The van der Waals surface area contributed by atoms with E-state index in [9.17, 15) is 0 Å². The monoisotopic (exact) mass is 347 g/mol. The molecule has 21 heavy (non-hydrogen) atoms. The summed E-state index contributed by atoms with van der Waals surface area (Å²) >= 11 is 3.69. The lowest BCUT2D eigenvalue weighted by Gasteiger charge is -2.45. The first-order valence-corrected chi connectivity index (χ1v) is 8.84. The Morgan fingerprint density at radius 1 is 1.19 bits per heavy atom. The summed E-state index contributed by atoms with van der Waals surface area (Å²) in [5.41, 5.74) is 7.58. The number of hydrogen-bond donors (Lipinski definition) is 1. The minimum Gasteiger partial charge on any atom is -0.369 e. The fraction of sp³-hybridized carbons (Fsp3) is 0.588.